The van der Waals surface area contributed by atoms with E-state index in [4.69, 9.17) is 14.3 Å². The minimum atomic E-state index is -0.192. The van der Waals surface area contributed by atoms with E-state index in [0.717, 1.165) is 69.3 Å². The number of hydrogen-bond donors (Lipinski definition) is 1. The number of rotatable bonds is 6. The largest absolute Gasteiger partial charge is 0.381 e. The molecule has 2 aromatic rings. The van der Waals surface area contributed by atoms with E-state index >= 15 is 0 Å². The summed E-state index contributed by atoms with van der Waals surface area (Å²) >= 11 is 0. The van der Waals surface area contributed by atoms with Gasteiger partial charge in [-0.1, -0.05) is 17.3 Å². The van der Waals surface area contributed by atoms with Gasteiger partial charge in [0.05, 0.1) is 12.2 Å². The summed E-state index contributed by atoms with van der Waals surface area (Å²) in [5.74, 6) is 0.744. The molecule has 0 bridgehead atoms. The van der Waals surface area contributed by atoms with Crippen LogP contribution in [0.25, 0.3) is 0 Å². The molecule has 0 radical (unpaired) electrons. The average Bonchev–Trinajstić information content (AvgIpc) is 3.31. The Morgan fingerprint density at radius 3 is 2.68 bits per heavy atom. The van der Waals surface area contributed by atoms with Crippen LogP contribution < -0.4 is 5.32 Å². The Bertz CT molecular complexity index is 843. The van der Waals surface area contributed by atoms with Gasteiger partial charge in [-0.05, 0) is 37.5 Å². The Morgan fingerprint density at radius 2 is 2.00 bits per heavy atom. The van der Waals surface area contributed by atoms with Crippen molar-refractivity contribution in [3.63, 3.8) is 0 Å². The molecule has 0 amide bonds. The van der Waals surface area contributed by atoms with Crippen LogP contribution in [0, 0.1) is 5.82 Å². The van der Waals surface area contributed by atoms with Gasteiger partial charge in [-0.2, -0.15) is 0 Å². The normalized spacial score (nSPS) is 20.1. The number of aromatic nitrogens is 1. The molecule has 31 heavy (non-hydrogen) atoms. The van der Waals surface area contributed by atoms with Crippen molar-refractivity contribution in [3.8, 4) is 0 Å². The van der Waals surface area contributed by atoms with Gasteiger partial charge in [-0.3, -0.25) is 9.89 Å². The van der Waals surface area contributed by atoms with Crippen LogP contribution in [0.3, 0.4) is 0 Å². The molecule has 0 atom stereocenters. The van der Waals surface area contributed by atoms with E-state index in [-0.39, 0.29) is 11.2 Å². The average molecular weight is 430 g/mol. The number of benzene rings is 1. The van der Waals surface area contributed by atoms with E-state index in [2.05, 4.69) is 27.2 Å². The SMILES string of the molecule is CCNC(=NCC1(c2cccc(F)c2)CCOCC1)N1CCN(Cc2ccon2)CC1. The van der Waals surface area contributed by atoms with E-state index < -0.39 is 0 Å². The second kappa shape index (κ2) is 10.2. The van der Waals surface area contributed by atoms with E-state index in [1.807, 2.05) is 12.1 Å². The van der Waals surface area contributed by atoms with Gasteiger partial charge in [0.25, 0.3) is 0 Å². The van der Waals surface area contributed by atoms with Crippen LogP contribution in [0.4, 0.5) is 4.39 Å². The summed E-state index contributed by atoms with van der Waals surface area (Å²) in [5, 5.41) is 7.47. The maximum absolute atomic E-state index is 14.0. The van der Waals surface area contributed by atoms with Crippen molar-refractivity contribution in [1.82, 2.24) is 20.3 Å². The molecule has 2 aliphatic heterocycles. The summed E-state index contributed by atoms with van der Waals surface area (Å²) in [6, 6.07) is 8.90. The fourth-order valence-corrected chi connectivity index (χ4v) is 4.44. The molecule has 168 valence electrons. The third-order valence-electron chi connectivity index (χ3n) is 6.30. The third kappa shape index (κ3) is 5.43. The van der Waals surface area contributed by atoms with Gasteiger partial charge in [0.1, 0.15) is 12.1 Å². The molecule has 0 spiro atoms. The van der Waals surface area contributed by atoms with E-state index in [9.17, 15) is 4.39 Å². The molecular weight excluding hydrogens is 397 g/mol. The smallest absolute Gasteiger partial charge is 0.194 e. The zero-order chi connectivity index (χ0) is 21.5. The van der Waals surface area contributed by atoms with Crippen LogP contribution in [0.15, 0.2) is 46.1 Å². The van der Waals surface area contributed by atoms with Crippen LogP contribution in [-0.2, 0) is 16.7 Å². The zero-order valence-electron chi connectivity index (χ0n) is 18.2. The van der Waals surface area contributed by atoms with Gasteiger partial charge in [-0.25, -0.2) is 4.39 Å². The molecular formula is C23H32FN5O2. The lowest BCUT2D eigenvalue weighted by atomic mass is 9.74. The topological polar surface area (TPSA) is 66.1 Å². The number of aliphatic imine (C=N–C) groups is 1. The Balaban J connectivity index is 1.45. The summed E-state index contributed by atoms with van der Waals surface area (Å²) in [7, 11) is 0. The molecule has 2 aliphatic rings. The van der Waals surface area contributed by atoms with Gasteiger partial charge in [0.15, 0.2) is 5.96 Å². The Labute approximate surface area is 183 Å². The molecule has 0 unspecified atom stereocenters. The summed E-state index contributed by atoms with van der Waals surface area (Å²) in [4.78, 5) is 9.75. The standard InChI is InChI=1S/C23H32FN5O2/c1-2-25-22(29-11-9-28(10-12-29)17-21-6-13-31-27-21)26-18-23(7-14-30-15-8-23)19-4-3-5-20(24)16-19/h3-6,13,16H,2,7-12,14-15,17-18H2,1H3,(H,25,26). The van der Waals surface area contributed by atoms with Crippen LogP contribution in [-0.4, -0.2) is 73.4 Å². The van der Waals surface area contributed by atoms with Crippen molar-refractivity contribution in [2.75, 3.05) is 52.5 Å². The van der Waals surface area contributed by atoms with Gasteiger partial charge in [0.2, 0.25) is 0 Å². The monoisotopic (exact) mass is 429 g/mol. The first-order valence-corrected chi connectivity index (χ1v) is 11.2. The van der Waals surface area contributed by atoms with Crippen molar-refractivity contribution in [2.45, 2.75) is 31.7 Å². The number of nitrogens with one attached hydrogen (secondary N) is 1. The highest BCUT2D eigenvalue weighted by molar-refractivity contribution is 5.80. The number of hydrogen-bond acceptors (Lipinski definition) is 5. The van der Waals surface area contributed by atoms with Crippen LogP contribution in [0.5, 0.6) is 0 Å². The molecule has 1 aromatic carbocycles. The Kier molecular flexibility index (Phi) is 7.19. The summed E-state index contributed by atoms with van der Waals surface area (Å²) in [6.07, 6.45) is 3.32. The van der Waals surface area contributed by atoms with Gasteiger partial charge in [-0.15, -0.1) is 0 Å². The number of guanidine groups is 1. The first kappa shape index (κ1) is 21.8. The fraction of sp³-hybridized carbons (Fsp3) is 0.565. The van der Waals surface area contributed by atoms with E-state index in [0.29, 0.717) is 19.8 Å². The van der Waals surface area contributed by atoms with Crippen molar-refractivity contribution in [2.24, 2.45) is 4.99 Å². The second-order valence-corrected chi connectivity index (χ2v) is 8.33. The molecule has 1 N–H and O–H groups in total. The molecule has 3 heterocycles. The Morgan fingerprint density at radius 1 is 1.19 bits per heavy atom. The van der Waals surface area contributed by atoms with Crippen LogP contribution in [0.1, 0.15) is 31.0 Å². The van der Waals surface area contributed by atoms with Gasteiger partial charge < -0.3 is 19.5 Å². The summed E-state index contributed by atoms with van der Waals surface area (Å²) < 4.78 is 24.5. The quantitative estimate of drug-likeness (QED) is 0.563. The van der Waals surface area contributed by atoms with Crippen molar-refractivity contribution >= 4 is 5.96 Å². The predicted molar refractivity (Wildman–Crippen MR) is 117 cm³/mol. The molecule has 0 aliphatic carbocycles. The van der Waals surface area contributed by atoms with Crippen molar-refractivity contribution in [1.29, 1.82) is 0 Å². The fourth-order valence-electron chi connectivity index (χ4n) is 4.44. The maximum Gasteiger partial charge on any atom is 0.194 e. The number of ether oxygens (including phenoxy) is 1. The highest BCUT2D eigenvalue weighted by Crippen LogP contribution is 2.35. The molecule has 4 rings (SSSR count). The summed E-state index contributed by atoms with van der Waals surface area (Å²) in [6.45, 7) is 9.40. The highest BCUT2D eigenvalue weighted by atomic mass is 19.1. The minimum Gasteiger partial charge on any atom is -0.381 e. The lowest BCUT2D eigenvalue weighted by Crippen LogP contribution is -2.52. The van der Waals surface area contributed by atoms with Crippen molar-refractivity contribution < 1.29 is 13.7 Å². The summed E-state index contributed by atoms with van der Waals surface area (Å²) in [5.41, 5.74) is 1.80. The molecule has 8 heteroatoms. The minimum absolute atomic E-state index is 0.185. The molecule has 2 saturated heterocycles. The molecule has 1 aromatic heterocycles. The molecule has 7 nitrogen and oxygen atoms in total. The first-order chi connectivity index (χ1) is 15.2. The van der Waals surface area contributed by atoms with Gasteiger partial charge >= 0.3 is 0 Å². The number of halogens is 1. The maximum atomic E-state index is 14.0. The predicted octanol–water partition coefficient (Wildman–Crippen LogP) is 2.65. The van der Waals surface area contributed by atoms with E-state index in [1.54, 1.807) is 18.4 Å². The van der Waals surface area contributed by atoms with Gasteiger partial charge in [0, 0.05) is 64.0 Å². The zero-order valence-corrected chi connectivity index (χ0v) is 18.2. The lowest BCUT2D eigenvalue weighted by Gasteiger charge is -2.39. The van der Waals surface area contributed by atoms with Crippen LogP contribution >= 0.6 is 0 Å². The third-order valence-corrected chi connectivity index (χ3v) is 6.30. The van der Waals surface area contributed by atoms with Crippen LogP contribution in [0.2, 0.25) is 0 Å². The first-order valence-electron chi connectivity index (χ1n) is 11.2. The lowest BCUT2D eigenvalue weighted by molar-refractivity contribution is 0.0528. The number of piperazine rings is 1. The number of nitrogens with zero attached hydrogens (tertiary/aromatic N) is 4. The highest BCUT2D eigenvalue weighted by Gasteiger charge is 2.35. The second-order valence-electron chi connectivity index (χ2n) is 8.33. The van der Waals surface area contributed by atoms with Crippen molar-refractivity contribution in [3.05, 3.63) is 53.7 Å². The molecule has 0 saturated carbocycles. The molecule has 2 fully saturated rings. The van der Waals surface area contributed by atoms with E-state index in [1.165, 1.54) is 6.07 Å². The Hall–Kier alpha value is -2.45.